The zero-order valence-electron chi connectivity index (χ0n) is 66.1. The van der Waals surface area contributed by atoms with Crippen LogP contribution in [0.5, 0.6) is 0 Å². The zero-order chi connectivity index (χ0) is 82.4. The highest BCUT2D eigenvalue weighted by molar-refractivity contribution is 6.14. The Balaban J connectivity index is 0.847. The first-order valence-electron chi connectivity index (χ1n) is 40.6. The number of benzene rings is 15. The summed E-state index contributed by atoms with van der Waals surface area (Å²) in [7, 11) is 0. The van der Waals surface area contributed by atoms with Gasteiger partial charge in [0.2, 0.25) is 0 Å². The molecule has 0 amide bonds. The Labute approximate surface area is 711 Å². The summed E-state index contributed by atoms with van der Waals surface area (Å²) in [6.07, 6.45) is 0. The fourth-order valence-corrected chi connectivity index (χ4v) is 16.2. The van der Waals surface area contributed by atoms with Crippen molar-refractivity contribution in [1.29, 1.82) is 5.26 Å². The lowest BCUT2D eigenvalue weighted by Crippen LogP contribution is -2.07. The molecule has 7 heterocycles. The third-order valence-corrected chi connectivity index (χ3v) is 22.2. The van der Waals surface area contributed by atoms with E-state index >= 15 is 0 Å². The van der Waals surface area contributed by atoms with Gasteiger partial charge in [0.05, 0.1) is 56.5 Å². The van der Waals surface area contributed by atoms with Crippen molar-refractivity contribution in [2.75, 3.05) is 0 Å². The van der Waals surface area contributed by atoms with Crippen LogP contribution in [0, 0.1) is 11.3 Å². The normalized spacial score (nSPS) is 11.4. The summed E-state index contributed by atoms with van der Waals surface area (Å²) in [6.45, 7) is 0. The van der Waals surface area contributed by atoms with E-state index in [9.17, 15) is 5.26 Å². The second kappa shape index (κ2) is 31.4. The van der Waals surface area contributed by atoms with E-state index in [4.69, 9.17) is 69.8 Å². The maximum Gasteiger partial charge on any atom is 0.164 e. The first kappa shape index (κ1) is 72.9. The molecule has 0 spiro atoms. The smallest absolute Gasteiger partial charge is 0.164 e. The molecule has 15 aromatic carbocycles. The van der Waals surface area contributed by atoms with Crippen LogP contribution in [0.15, 0.2) is 394 Å². The topological polar surface area (TPSA) is 214 Å². The third-order valence-electron chi connectivity index (χ3n) is 22.2. The van der Waals surface area contributed by atoms with E-state index in [-0.39, 0.29) is 0 Å². The summed E-state index contributed by atoms with van der Waals surface area (Å²) in [5.41, 5.74) is 18.0. The molecule has 0 bridgehead atoms. The van der Waals surface area contributed by atoms with Gasteiger partial charge >= 0.3 is 0 Å². The standard InChI is InChI=1S/C107H65N17/c108-66-81-63-93(123-89-55-51-77(103-115-95(69-35-15-3-16-36-69)111-96(116-103)70-37-17-4-18-38-70)59-83(89)84-60-78(52-56-90(84)123)104-117-97(71-39-19-5-20-40-71)112-98(118-104)72-41-21-6-22-42-72)94(64-82(81)107-109-87(67-31-11-1-12-32-67)65-88(110-107)68-33-13-2-14-34-68)124-91-57-53-79(105-119-99(73-43-23-7-24-44-73)113-100(120-105)74-45-25-8-26-46-74)61-85(91)86-62-80(54-58-92(86)124)106-121-101(75-47-27-9-28-48-75)114-102(122-106)76-49-29-10-30-50-76/h1-65H. The van der Waals surface area contributed by atoms with Gasteiger partial charge in [-0.1, -0.05) is 303 Å². The molecule has 17 heteroatoms. The van der Waals surface area contributed by atoms with Gasteiger partial charge in [0, 0.05) is 105 Å². The lowest BCUT2D eigenvalue weighted by Gasteiger charge is -2.20. The van der Waals surface area contributed by atoms with Gasteiger partial charge in [-0.05, 0) is 91.0 Å². The monoisotopic (exact) mass is 1590 g/mol. The summed E-state index contributed by atoms with van der Waals surface area (Å²) >= 11 is 0. The van der Waals surface area contributed by atoms with Crippen molar-refractivity contribution in [2.24, 2.45) is 0 Å². The Bertz CT molecular complexity index is 7220. The van der Waals surface area contributed by atoms with Gasteiger partial charge in [0.25, 0.3) is 0 Å². The molecule has 578 valence electrons. The van der Waals surface area contributed by atoms with Crippen molar-refractivity contribution in [3.63, 3.8) is 0 Å². The number of hydrogen-bond acceptors (Lipinski definition) is 15. The van der Waals surface area contributed by atoms with E-state index in [1.54, 1.807) is 0 Å². The van der Waals surface area contributed by atoms with E-state index in [1.165, 1.54) is 0 Å². The third kappa shape index (κ3) is 13.8. The molecule has 0 atom stereocenters. The quantitative estimate of drug-likeness (QED) is 0.0829. The first-order valence-corrected chi connectivity index (χ1v) is 40.6. The van der Waals surface area contributed by atoms with Crippen molar-refractivity contribution in [1.82, 2.24) is 78.9 Å². The Morgan fingerprint density at radius 2 is 0.363 bits per heavy atom. The Hall–Kier alpha value is -17.5. The van der Waals surface area contributed by atoms with Crippen LogP contribution in [0.1, 0.15) is 5.56 Å². The van der Waals surface area contributed by atoms with E-state index in [0.717, 1.165) is 122 Å². The highest BCUT2D eigenvalue weighted by Crippen LogP contribution is 2.46. The van der Waals surface area contributed by atoms with Crippen LogP contribution in [-0.2, 0) is 0 Å². The van der Waals surface area contributed by atoms with Gasteiger partial charge in [-0.15, -0.1) is 0 Å². The molecule has 0 N–H and O–H groups in total. The molecular weight excluding hydrogens is 1520 g/mol. The maximum absolute atomic E-state index is 12.3. The molecule has 22 aromatic rings. The molecule has 22 rings (SSSR count). The Morgan fingerprint density at radius 1 is 0.169 bits per heavy atom. The van der Waals surface area contributed by atoms with Gasteiger partial charge < -0.3 is 9.13 Å². The van der Waals surface area contributed by atoms with Crippen LogP contribution in [0.25, 0.3) is 226 Å². The van der Waals surface area contributed by atoms with Crippen molar-refractivity contribution >= 4 is 43.6 Å². The lowest BCUT2D eigenvalue weighted by atomic mass is 10.0. The number of rotatable bonds is 17. The summed E-state index contributed by atoms with van der Waals surface area (Å²) < 4.78 is 4.55. The van der Waals surface area contributed by atoms with Crippen molar-refractivity contribution in [3.05, 3.63) is 400 Å². The number of nitrogens with zero attached hydrogens (tertiary/aromatic N) is 17. The molecular formula is C107H65N17. The number of nitriles is 1. The van der Waals surface area contributed by atoms with E-state index < -0.39 is 0 Å². The minimum Gasteiger partial charge on any atom is -0.307 e. The number of aromatic nitrogens is 16. The molecule has 7 aromatic heterocycles. The number of hydrogen-bond donors (Lipinski definition) is 0. The second-order valence-electron chi connectivity index (χ2n) is 29.9. The van der Waals surface area contributed by atoms with Crippen LogP contribution in [0.4, 0.5) is 0 Å². The molecule has 0 aliphatic rings. The van der Waals surface area contributed by atoms with Crippen molar-refractivity contribution in [2.45, 2.75) is 0 Å². The summed E-state index contributed by atoms with van der Waals surface area (Å²) in [5.74, 6) is 6.36. The molecule has 17 nitrogen and oxygen atoms in total. The molecule has 0 fully saturated rings. The maximum atomic E-state index is 12.3. The SMILES string of the molecule is N#Cc1cc(-n2c3ccc(-c4nc(-c5ccccc5)nc(-c5ccccc5)n4)cc3c3cc(-c4nc(-c5ccccc5)nc(-c5ccccc5)n4)ccc32)c(-n2c3ccc(-c4nc(-c5ccccc5)nc(-c5ccccc5)n4)cc3c3cc(-c4nc(-c5ccccc5)nc(-c5ccccc5)n4)ccc32)cc1-c1nc(-c2ccccc2)cc(-c2ccccc2)n1. The predicted molar refractivity (Wildman–Crippen MR) is 491 cm³/mol. The van der Waals surface area contributed by atoms with Crippen LogP contribution in [0.3, 0.4) is 0 Å². The van der Waals surface area contributed by atoms with E-state index in [0.29, 0.717) is 110 Å². The zero-order valence-corrected chi connectivity index (χ0v) is 66.1. The minimum absolute atomic E-state index is 0.312. The largest absolute Gasteiger partial charge is 0.307 e. The summed E-state index contributed by atoms with van der Waals surface area (Å²) in [4.78, 5) is 74.0. The molecule has 0 aliphatic heterocycles. The van der Waals surface area contributed by atoms with Gasteiger partial charge in [-0.3, -0.25) is 0 Å². The lowest BCUT2D eigenvalue weighted by molar-refractivity contribution is 1.07. The van der Waals surface area contributed by atoms with Gasteiger partial charge in [0.15, 0.2) is 75.7 Å². The Kier molecular flexibility index (Phi) is 18.5. The fourth-order valence-electron chi connectivity index (χ4n) is 16.2. The summed E-state index contributed by atoms with van der Waals surface area (Å²) in [6, 6.07) is 134. The molecule has 124 heavy (non-hydrogen) atoms. The van der Waals surface area contributed by atoms with Crippen molar-refractivity contribution in [3.8, 4) is 188 Å². The molecule has 0 unspecified atom stereocenters. The molecule has 0 aliphatic carbocycles. The Morgan fingerprint density at radius 3 is 0.573 bits per heavy atom. The summed E-state index contributed by atoms with van der Waals surface area (Å²) in [5, 5.41) is 15.6. The average molecular weight is 1590 g/mol. The first-order chi connectivity index (χ1) is 61.4. The predicted octanol–water partition coefficient (Wildman–Crippen LogP) is 24.3. The van der Waals surface area contributed by atoms with Crippen LogP contribution >= 0.6 is 0 Å². The minimum atomic E-state index is 0.312. The molecule has 0 saturated heterocycles. The van der Waals surface area contributed by atoms with Crippen molar-refractivity contribution < 1.29 is 0 Å². The number of fused-ring (bicyclic) bond motifs is 6. The van der Waals surface area contributed by atoms with E-state index in [1.807, 2.05) is 315 Å². The van der Waals surface area contributed by atoms with Crippen LogP contribution < -0.4 is 0 Å². The van der Waals surface area contributed by atoms with E-state index in [2.05, 4.69) is 94.1 Å². The average Bonchev–Trinajstić information content (AvgIpc) is 1.55. The van der Waals surface area contributed by atoms with Gasteiger partial charge in [-0.2, -0.15) is 5.26 Å². The molecule has 0 saturated carbocycles. The highest BCUT2D eigenvalue weighted by atomic mass is 15.1. The van der Waals surface area contributed by atoms with Crippen LogP contribution in [-0.4, -0.2) is 78.9 Å². The second-order valence-corrected chi connectivity index (χ2v) is 29.9. The molecule has 0 radical (unpaired) electrons. The van der Waals surface area contributed by atoms with Crippen LogP contribution in [0.2, 0.25) is 0 Å². The fraction of sp³-hybridized carbons (Fsp3) is 0. The highest BCUT2D eigenvalue weighted by Gasteiger charge is 2.28. The van der Waals surface area contributed by atoms with Gasteiger partial charge in [-0.25, -0.2) is 69.8 Å². The van der Waals surface area contributed by atoms with Gasteiger partial charge in [0.1, 0.15) is 0 Å².